The molecule has 0 aromatic rings. The van der Waals surface area contributed by atoms with Crippen LogP contribution in [0, 0.1) is 6.92 Å². The fraction of sp³-hybridized carbons (Fsp3) is 0.917. The molecule has 0 amide bonds. The Kier molecular flexibility index (Phi) is 19.6. The van der Waals surface area contributed by atoms with E-state index in [4.69, 9.17) is 0 Å². The standard InChI is InChI=1S/C12H25.Na/c1-3-5-7-9-11-12-10-8-6-4-2;/h1,3-12H2,2H3;/q-1;+1. The van der Waals surface area contributed by atoms with Gasteiger partial charge in [-0.2, -0.15) is 6.42 Å². The summed E-state index contributed by atoms with van der Waals surface area (Å²) in [5, 5.41) is 0. The van der Waals surface area contributed by atoms with Crippen molar-refractivity contribution in [1.82, 2.24) is 0 Å². The zero-order chi connectivity index (χ0) is 9.07. The van der Waals surface area contributed by atoms with Crippen LogP contribution >= 0.6 is 0 Å². The molecule has 0 aliphatic heterocycles. The molecule has 0 radical (unpaired) electrons. The minimum absolute atomic E-state index is 0. The molecular formula is C12H25Na. The first-order valence-electron chi connectivity index (χ1n) is 5.71. The summed E-state index contributed by atoms with van der Waals surface area (Å²) in [5.74, 6) is 0. The van der Waals surface area contributed by atoms with Gasteiger partial charge < -0.3 is 6.92 Å². The minimum atomic E-state index is 0. The molecule has 0 aromatic carbocycles. The first-order valence-corrected chi connectivity index (χ1v) is 5.71. The Bertz CT molecular complexity index is 61.5. The van der Waals surface area contributed by atoms with Gasteiger partial charge in [-0.15, -0.1) is 0 Å². The summed E-state index contributed by atoms with van der Waals surface area (Å²) in [6.45, 7) is 6.12. The monoisotopic (exact) mass is 192 g/mol. The van der Waals surface area contributed by atoms with Crippen LogP contribution in [0.3, 0.4) is 0 Å². The SMILES string of the molecule is [CH2-]CCCCCCCCCCC.[Na+]. The molecule has 74 valence electrons. The summed E-state index contributed by atoms with van der Waals surface area (Å²) in [7, 11) is 0. The van der Waals surface area contributed by atoms with Crippen LogP contribution in [0.15, 0.2) is 0 Å². The predicted octanol–water partition coefficient (Wildman–Crippen LogP) is 1.75. The Morgan fingerprint density at radius 1 is 0.692 bits per heavy atom. The van der Waals surface area contributed by atoms with Crippen LogP contribution in [0.25, 0.3) is 0 Å². The molecule has 0 nitrogen and oxygen atoms in total. The smallest absolute Gasteiger partial charge is 0.343 e. The van der Waals surface area contributed by atoms with E-state index in [-0.39, 0.29) is 29.6 Å². The molecule has 0 spiro atoms. The molecule has 0 aliphatic carbocycles. The van der Waals surface area contributed by atoms with Gasteiger partial charge in [0.2, 0.25) is 0 Å². The molecule has 0 heterocycles. The van der Waals surface area contributed by atoms with Crippen LogP contribution in [0.4, 0.5) is 0 Å². The molecule has 0 saturated carbocycles. The number of unbranched alkanes of at least 4 members (excludes halogenated alkanes) is 9. The summed E-state index contributed by atoms with van der Waals surface area (Å²) in [4.78, 5) is 0. The fourth-order valence-electron chi connectivity index (χ4n) is 1.49. The number of hydrogen-bond donors (Lipinski definition) is 0. The van der Waals surface area contributed by atoms with Gasteiger partial charge in [-0.25, -0.2) is 0 Å². The van der Waals surface area contributed by atoms with Crippen molar-refractivity contribution in [3.63, 3.8) is 0 Å². The molecule has 0 fully saturated rings. The molecule has 13 heavy (non-hydrogen) atoms. The number of hydrogen-bond acceptors (Lipinski definition) is 0. The maximum Gasteiger partial charge on any atom is 1.00 e. The molecule has 0 aliphatic rings. The summed E-state index contributed by atoms with van der Waals surface area (Å²) in [6, 6.07) is 0. The van der Waals surface area contributed by atoms with Crippen molar-refractivity contribution < 1.29 is 29.6 Å². The van der Waals surface area contributed by atoms with Crippen LogP contribution in [-0.2, 0) is 0 Å². The van der Waals surface area contributed by atoms with Gasteiger partial charge in [0.05, 0.1) is 0 Å². The first-order chi connectivity index (χ1) is 5.91. The molecular weight excluding hydrogens is 167 g/mol. The van der Waals surface area contributed by atoms with Gasteiger partial charge in [0.25, 0.3) is 0 Å². The second kappa shape index (κ2) is 15.5. The van der Waals surface area contributed by atoms with Crippen molar-refractivity contribution in [2.24, 2.45) is 0 Å². The third-order valence-electron chi connectivity index (χ3n) is 2.35. The van der Waals surface area contributed by atoms with Crippen molar-refractivity contribution >= 4 is 0 Å². The molecule has 0 N–H and O–H groups in total. The Morgan fingerprint density at radius 3 is 1.46 bits per heavy atom. The molecule has 0 bridgehead atoms. The maximum absolute atomic E-state index is 3.84. The van der Waals surface area contributed by atoms with Crippen molar-refractivity contribution in [3.8, 4) is 0 Å². The largest absolute Gasteiger partial charge is 1.00 e. The van der Waals surface area contributed by atoms with Crippen LogP contribution in [0.2, 0.25) is 0 Å². The maximum atomic E-state index is 3.84. The Hall–Kier alpha value is 1.00. The quantitative estimate of drug-likeness (QED) is 0.296. The van der Waals surface area contributed by atoms with Crippen LogP contribution < -0.4 is 29.6 Å². The summed E-state index contributed by atoms with van der Waals surface area (Å²) >= 11 is 0. The van der Waals surface area contributed by atoms with E-state index in [1.165, 1.54) is 57.8 Å². The van der Waals surface area contributed by atoms with Crippen molar-refractivity contribution in [3.05, 3.63) is 6.92 Å². The zero-order valence-corrected chi connectivity index (χ0v) is 11.8. The molecule has 0 aromatic heterocycles. The third-order valence-corrected chi connectivity index (χ3v) is 2.35. The van der Waals surface area contributed by atoms with Gasteiger partial charge in [-0.1, -0.05) is 64.7 Å². The number of rotatable bonds is 9. The van der Waals surface area contributed by atoms with Crippen LogP contribution in [-0.4, -0.2) is 0 Å². The fourth-order valence-corrected chi connectivity index (χ4v) is 1.49. The van der Waals surface area contributed by atoms with E-state index in [2.05, 4.69) is 13.8 Å². The van der Waals surface area contributed by atoms with Crippen molar-refractivity contribution in [1.29, 1.82) is 0 Å². The van der Waals surface area contributed by atoms with Crippen LogP contribution in [0.1, 0.15) is 71.1 Å². The van der Waals surface area contributed by atoms with Gasteiger partial charge in [-0.05, 0) is 0 Å². The van der Waals surface area contributed by atoms with Crippen molar-refractivity contribution in [2.75, 3.05) is 0 Å². The summed E-state index contributed by atoms with van der Waals surface area (Å²) in [5.41, 5.74) is 0. The second-order valence-electron chi connectivity index (χ2n) is 3.68. The second-order valence-corrected chi connectivity index (χ2v) is 3.68. The predicted molar refractivity (Wildman–Crippen MR) is 57.2 cm³/mol. The van der Waals surface area contributed by atoms with E-state index in [9.17, 15) is 0 Å². The van der Waals surface area contributed by atoms with Gasteiger partial charge in [-0.3, -0.25) is 0 Å². The third kappa shape index (κ3) is 15.7. The van der Waals surface area contributed by atoms with E-state index >= 15 is 0 Å². The van der Waals surface area contributed by atoms with E-state index in [0.29, 0.717) is 0 Å². The van der Waals surface area contributed by atoms with Gasteiger partial charge in [0, 0.05) is 0 Å². The van der Waals surface area contributed by atoms with Gasteiger partial charge >= 0.3 is 29.6 Å². The molecule has 0 saturated heterocycles. The van der Waals surface area contributed by atoms with E-state index in [0.717, 1.165) is 6.42 Å². The minimum Gasteiger partial charge on any atom is -0.343 e. The Labute approximate surface area is 107 Å². The van der Waals surface area contributed by atoms with Crippen molar-refractivity contribution in [2.45, 2.75) is 71.1 Å². The zero-order valence-electron chi connectivity index (χ0n) is 9.78. The van der Waals surface area contributed by atoms with E-state index < -0.39 is 0 Å². The van der Waals surface area contributed by atoms with E-state index in [1.54, 1.807) is 0 Å². The van der Waals surface area contributed by atoms with Gasteiger partial charge in [0.15, 0.2) is 0 Å². The topological polar surface area (TPSA) is 0 Å². The molecule has 0 rings (SSSR count). The first kappa shape index (κ1) is 16.4. The average molecular weight is 192 g/mol. The molecule has 0 atom stereocenters. The Morgan fingerprint density at radius 2 is 1.08 bits per heavy atom. The van der Waals surface area contributed by atoms with E-state index in [1.807, 2.05) is 0 Å². The summed E-state index contributed by atoms with van der Waals surface area (Å²) in [6.07, 6.45) is 13.9. The molecule has 0 unspecified atom stereocenters. The normalized spacial score (nSPS) is 9.69. The van der Waals surface area contributed by atoms with Gasteiger partial charge in [0.1, 0.15) is 0 Å². The molecule has 1 heteroatoms. The van der Waals surface area contributed by atoms with Crippen LogP contribution in [0.5, 0.6) is 0 Å². The average Bonchev–Trinajstić information content (AvgIpc) is 2.10. The summed E-state index contributed by atoms with van der Waals surface area (Å²) < 4.78 is 0. The Balaban J connectivity index is 0.